The second-order valence-corrected chi connectivity index (χ2v) is 5.80. The van der Waals surface area contributed by atoms with Crippen molar-refractivity contribution in [3.05, 3.63) is 59.9 Å². The van der Waals surface area contributed by atoms with Crippen LogP contribution in [0.25, 0.3) is 22.5 Å². The number of pyridine rings is 2. The Kier molecular flexibility index (Phi) is 5.39. The van der Waals surface area contributed by atoms with Gasteiger partial charge < -0.3 is 0 Å². The van der Waals surface area contributed by atoms with Gasteiger partial charge in [0, 0.05) is 23.5 Å². The number of hydrazine groups is 1. The zero-order valence-electron chi connectivity index (χ0n) is 14.6. The maximum Gasteiger partial charge on any atom is 0.433 e. The summed E-state index contributed by atoms with van der Waals surface area (Å²) >= 11 is 0. The van der Waals surface area contributed by atoms with Crippen LogP contribution in [0.1, 0.15) is 22.0 Å². The first-order valence-electron chi connectivity index (χ1n) is 7.96. The summed E-state index contributed by atoms with van der Waals surface area (Å²) in [5.74, 6) is 3.69. The van der Waals surface area contributed by atoms with Crippen molar-refractivity contribution in [3.63, 3.8) is 0 Å². The number of amides is 1. The maximum absolute atomic E-state index is 12.7. The number of hydrogen-bond acceptors (Lipinski definition) is 6. The summed E-state index contributed by atoms with van der Waals surface area (Å²) in [7, 11) is 0. The minimum atomic E-state index is -4.65. The minimum Gasteiger partial charge on any atom is -0.287 e. The zero-order valence-corrected chi connectivity index (χ0v) is 14.6. The molecular formula is C17H10F6N6O. The van der Waals surface area contributed by atoms with Crippen LogP contribution in [0, 0.1) is 0 Å². The lowest BCUT2D eigenvalue weighted by Gasteiger charge is -2.10. The number of nitrogen functional groups attached to an aromatic ring is 1. The third-order valence-corrected chi connectivity index (χ3v) is 3.76. The smallest absolute Gasteiger partial charge is 0.287 e. The Morgan fingerprint density at radius 2 is 1.23 bits per heavy atom. The maximum atomic E-state index is 12.7. The van der Waals surface area contributed by atoms with Gasteiger partial charge in [0.2, 0.25) is 5.82 Å². The Labute approximate surface area is 164 Å². The minimum absolute atomic E-state index is 0.000257. The molecule has 0 fully saturated rings. The average Bonchev–Trinajstić information content (AvgIpc) is 2.71. The van der Waals surface area contributed by atoms with Crippen LogP contribution in [-0.2, 0) is 12.4 Å². The molecule has 3 aromatic heterocycles. The normalized spacial score (nSPS) is 12.0. The van der Waals surface area contributed by atoms with E-state index in [9.17, 15) is 31.1 Å². The van der Waals surface area contributed by atoms with E-state index in [1.807, 2.05) is 0 Å². The molecule has 0 saturated carbocycles. The molecular weight excluding hydrogens is 418 g/mol. The van der Waals surface area contributed by atoms with Gasteiger partial charge in [0.15, 0.2) is 0 Å². The van der Waals surface area contributed by atoms with E-state index < -0.39 is 35.5 Å². The lowest BCUT2D eigenvalue weighted by atomic mass is 10.1. The van der Waals surface area contributed by atoms with Gasteiger partial charge in [0.25, 0.3) is 0 Å². The third-order valence-electron chi connectivity index (χ3n) is 3.76. The summed E-state index contributed by atoms with van der Waals surface area (Å²) in [5, 5.41) is 0. The van der Waals surface area contributed by atoms with E-state index in [-0.39, 0.29) is 22.5 Å². The van der Waals surface area contributed by atoms with E-state index in [4.69, 9.17) is 5.84 Å². The molecule has 7 nitrogen and oxygen atoms in total. The van der Waals surface area contributed by atoms with Gasteiger partial charge in [-0.15, -0.1) is 0 Å². The summed E-state index contributed by atoms with van der Waals surface area (Å²) in [4.78, 5) is 26.3. The van der Waals surface area contributed by atoms with E-state index in [0.29, 0.717) is 0 Å². The van der Waals surface area contributed by atoms with E-state index in [2.05, 4.69) is 19.9 Å². The predicted molar refractivity (Wildman–Crippen MR) is 90.2 cm³/mol. The number of nitrogens with zero attached hydrogens (tertiary/aromatic N) is 4. The van der Waals surface area contributed by atoms with Crippen LogP contribution >= 0.6 is 0 Å². The molecule has 3 heterocycles. The van der Waals surface area contributed by atoms with Crippen LogP contribution in [0.15, 0.2) is 42.7 Å². The molecule has 0 unspecified atom stereocenters. The van der Waals surface area contributed by atoms with Crippen molar-refractivity contribution in [2.45, 2.75) is 12.4 Å². The van der Waals surface area contributed by atoms with Crippen LogP contribution < -0.4 is 11.3 Å². The molecule has 3 aromatic rings. The van der Waals surface area contributed by atoms with Gasteiger partial charge in [-0.25, -0.2) is 15.8 Å². The van der Waals surface area contributed by atoms with Gasteiger partial charge in [-0.3, -0.25) is 20.2 Å². The Hall–Kier alpha value is -3.61. The van der Waals surface area contributed by atoms with Crippen LogP contribution in [0.2, 0.25) is 0 Å². The topological polar surface area (TPSA) is 107 Å². The number of carbonyl (C=O) groups is 1. The molecule has 0 bridgehead atoms. The van der Waals surface area contributed by atoms with Crippen LogP contribution in [0.5, 0.6) is 0 Å². The van der Waals surface area contributed by atoms with Crippen molar-refractivity contribution < 1.29 is 31.1 Å². The quantitative estimate of drug-likeness (QED) is 0.287. The van der Waals surface area contributed by atoms with Gasteiger partial charge in [0.05, 0.1) is 11.4 Å². The van der Waals surface area contributed by atoms with Crippen molar-refractivity contribution in [3.8, 4) is 22.5 Å². The highest BCUT2D eigenvalue weighted by molar-refractivity contribution is 5.91. The number of aromatic nitrogens is 4. The molecule has 0 spiro atoms. The number of rotatable bonds is 3. The first-order chi connectivity index (χ1) is 14.0. The summed E-state index contributed by atoms with van der Waals surface area (Å²) < 4.78 is 76.2. The van der Waals surface area contributed by atoms with Gasteiger partial charge in [-0.1, -0.05) is 0 Å². The van der Waals surface area contributed by atoms with Crippen LogP contribution in [-0.4, -0.2) is 25.8 Å². The fourth-order valence-electron chi connectivity index (χ4n) is 2.34. The Bertz CT molecular complexity index is 988. The number of alkyl halides is 6. The first kappa shape index (κ1) is 21.1. The van der Waals surface area contributed by atoms with Gasteiger partial charge >= 0.3 is 18.3 Å². The molecule has 0 aliphatic rings. The van der Waals surface area contributed by atoms with Crippen molar-refractivity contribution in [1.29, 1.82) is 0 Å². The summed E-state index contributed by atoms with van der Waals surface area (Å²) in [6.07, 6.45) is -7.51. The van der Waals surface area contributed by atoms with Crippen molar-refractivity contribution >= 4 is 5.91 Å². The fraction of sp³-hybridized carbons (Fsp3) is 0.118. The Balaban J connectivity index is 2.08. The Morgan fingerprint density at radius 1 is 0.800 bits per heavy atom. The molecule has 3 rings (SSSR count). The zero-order chi connectivity index (χ0) is 22.1. The number of nitrogens with one attached hydrogen (secondary N) is 1. The van der Waals surface area contributed by atoms with Gasteiger partial charge in [0.1, 0.15) is 11.4 Å². The molecule has 0 aliphatic carbocycles. The van der Waals surface area contributed by atoms with E-state index >= 15 is 0 Å². The van der Waals surface area contributed by atoms with Gasteiger partial charge in [-0.05, 0) is 30.3 Å². The van der Waals surface area contributed by atoms with Crippen molar-refractivity contribution in [1.82, 2.24) is 25.4 Å². The number of nitrogens with two attached hydrogens (primary N) is 1. The summed E-state index contributed by atoms with van der Waals surface area (Å²) in [5.41, 5.74) is -0.243. The highest BCUT2D eigenvalue weighted by Crippen LogP contribution is 2.31. The second-order valence-electron chi connectivity index (χ2n) is 5.80. The molecule has 1 amide bonds. The predicted octanol–water partition coefficient (Wildman–Crippen LogP) is 3.24. The second kappa shape index (κ2) is 7.67. The number of hydrogen-bond donors (Lipinski definition) is 2. The molecule has 30 heavy (non-hydrogen) atoms. The molecule has 156 valence electrons. The first-order valence-corrected chi connectivity index (χ1v) is 7.96. The number of carbonyl (C=O) groups excluding carboxylic acids is 1. The molecule has 0 saturated heterocycles. The van der Waals surface area contributed by atoms with E-state index in [1.165, 1.54) is 6.07 Å². The van der Waals surface area contributed by atoms with Crippen molar-refractivity contribution in [2.75, 3.05) is 0 Å². The molecule has 0 aromatic carbocycles. The third kappa shape index (κ3) is 4.51. The number of halogens is 6. The van der Waals surface area contributed by atoms with Gasteiger partial charge in [-0.2, -0.15) is 26.3 Å². The molecule has 0 radical (unpaired) electrons. The van der Waals surface area contributed by atoms with Crippen LogP contribution in [0.4, 0.5) is 26.3 Å². The molecule has 0 atom stereocenters. The summed E-state index contributed by atoms with van der Waals surface area (Å²) in [6, 6.07) is 4.87. The van der Waals surface area contributed by atoms with Crippen LogP contribution in [0.3, 0.4) is 0 Å². The highest BCUT2D eigenvalue weighted by Gasteiger charge is 2.33. The van der Waals surface area contributed by atoms with E-state index in [1.54, 1.807) is 5.43 Å². The van der Waals surface area contributed by atoms with Crippen molar-refractivity contribution in [2.24, 2.45) is 5.84 Å². The summed E-state index contributed by atoms with van der Waals surface area (Å²) in [6.45, 7) is 0. The lowest BCUT2D eigenvalue weighted by Crippen LogP contribution is -2.31. The fourth-order valence-corrected chi connectivity index (χ4v) is 2.34. The average molecular weight is 428 g/mol. The molecule has 3 N–H and O–H groups in total. The molecule has 13 heteroatoms. The Morgan fingerprint density at radius 3 is 1.53 bits per heavy atom. The monoisotopic (exact) mass is 428 g/mol. The van der Waals surface area contributed by atoms with E-state index in [0.717, 1.165) is 36.7 Å². The lowest BCUT2D eigenvalue weighted by molar-refractivity contribution is -0.141. The highest BCUT2D eigenvalue weighted by atomic mass is 19.4. The standard InChI is InChI=1S/C17H10F6N6O/c18-16(19,20)12-3-1-8(6-25-12)10-5-11(28-14(27-10)15(30)29-24)9-2-4-13(26-7-9)17(21,22)23/h1-7H,24H2,(H,29,30). The SMILES string of the molecule is NNC(=O)c1nc(-c2ccc(C(F)(F)F)nc2)cc(-c2ccc(C(F)(F)F)nc2)n1. The molecule has 0 aliphatic heterocycles. The largest absolute Gasteiger partial charge is 0.433 e.